The number of halogens is 1. The van der Waals surface area contributed by atoms with Gasteiger partial charge in [0.1, 0.15) is 11.5 Å². The number of nitrogens with one attached hydrogen (secondary N) is 2. The number of rotatable bonds is 4. The molecule has 0 unspecified atom stereocenters. The highest BCUT2D eigenvalue weighted by molar-refractivity contribution is 6.32. The van der Waals surface area contributed by atoms with Crippen molar-refractivity contribution in [1.29, 1.82) is 0 Å². The molecule has 1 fully saturated rings. The number of amides is 2. The average molecular weight is 307 g/mol. The second-order valence-corrected chi connectivity index (χ2v) is 5.45. The first kappa shape index (κ1) is 13.8. The van der Waals surface area contributed by atoms with Crippen molar-refractivity contribution < 1.29 is 14.3 Å². The van der Waals surface area contributed by atoms with Crippen molar-refractivity contribution in [1.82, 2.24) is 10.6 Å². The van der Waals surface area contributed by atoms with Crippen LogP contribution in [0.15, 0.2) is 41.0 Å². The van der Waals surface area contributed by atoms with E-state index < -0.39 is 0 Å². The molecular weight excluding hydrogens is 292 g/mol. The van der Waals surface area contributed by atoms with Gasteiger partial charge >= 0.3 is 6.03 Å². The molecule has 21 heavy (non-hydrogen) atoms. The Hall–Kier alpha value is -2.14. The quantitative estimate of drug-likeness (QED) is 0.813. The van der Waals surface area contributed by atoms with Gasteiger partial charge in [0, 0.05) is 24.1 Å². The van der Waals surface area contributed by atoms with Crippen LogP contribution in [0.4, 0.5) is 4.79 Å². The molecule has 1 aromatic carbocycles. The number of para-hydroxylation sites is 1. The van der Waals surface area contributed by atoms with Gasteiger partial charge in [-0.25, -0.2) is 4.79 Å². The molecule has 5 nitrogen and oxygen atoms in total. The third kappa shape index (κ3) is 3.13. The van der Waals surface area contributed by atoms with Crippen molar-refractivity contribution in [3.63, 3.8) is 0 Å². The molecular formula is C15H15ClN2O3. The molecule has 3 N–H and O–H groups in total. The van der Waals surface area contributed by atoms with E-state index in [4.69, 9.17) is 16.0 Å². The van der Waals surface area contributed by atoms with E-state index in [-0.39, 0.29) is 35.3 Å². The molecule has 0 bridgehead atoms. The fraction of sp³-hybridized carbons (Fsp3) is 0.267. The van der Waals surface area contributed by atoms with E-state index in [0.29, 0.717) is 5.56 Å². The van der Waals surface area contributed by atoms with Crippen LogP contribution >= 0.6 is 11.6 Å². The number of phenolic OH excluding ortho intramolecular Hbond substituents is 1. The predicted molar refractivity (Wildman–Crippen MR) is 78.3 cm³/mol. The fourth-order valence-corrected chi connectivity index (χ4v) is 2.46. The lowest BCUT2D eigenvalue weighted by Gasteiger charge is -2.09. The Kier molecular flexibility index (Phi) is 3.75. The standard InChI is InChI=1S/C15H15ClN2O3/c16-11-4-1-3-9(14(11)19)8-17-15(20)18-12-7-10(12)13-5-2-6-21-13/h1-6,10,12,19H,7-8H2,(H2,17,18,20)/t10-,12-/m1/s1. The maximum atomic E-state index is 11.8. The summed E-state index contributed by atoms with van der Waals surface area (Å²) in [5.41, 5.74) is 0.580. The van der Waals surface area contributed by atoms with E-state index in [0.717, 1.165) is 12.2 Å². The Balaban J connectivity index is 1.48. The summed E-state index contributed by atoms with van der Waals surface area (Å²) < 4.78 is 5.31. The average Bonchev–Trinajstić information content (AvgIpc) is 3.01. The van der Waals surface area contributed by atoms with E-state index in [2.05, 4.69) is 10.6 Å². The summed E-state index contributed by atoms with van der Waals surface area (Å²) in [6, 6.07) is 8.62. The number of phenols is 1. The van der Waals surface area contributed by atoms with Gasteiger partial charge in [-0.1, -0.05) is 23.7 Å². The summed E-state index contributed by atoms with van der Waals surface area (Å²) in [6.07, 6.45) is 2.51. The summed E-state index contributed by atoms with van der Waals surface area (Å²) in [6.45, 7) is 0.219. The monoisotopic (exact) mass is 306 g/mol. The van der Waals surface area contributed by atoms with Crippen LogP contribution in [0.5, 0.6) is 5.75 Å². The minimum atomic E-state index is -0.270. The van der Waals surface area contributed by atoms with Crippen molar-refractivity contribution in [3.8, 4) is 5.75 Å². The molecule has 2 aromatic rings. The van der Waals surface area contributed by atoms with E-state index in [9.17, 15) is 9.90 Å². The van der Waals surface area contributed by atoms with Crippen LogP contribution in [-0.2, 0) is 6.54 Å². The van der Waals surface area contributed by atoms with Crippen molar-refractivity contribution >= 4 is 17.6 Å². The number of hydrogen-bond donors (Lipinski definition) is 3. The molecule has 6 heteroatoms. The first-order valence-corrected chi connectivity index (χ1v) is 7.07. The van der Waals surface area contributed by atoms with Gasteiger partial charge in [0.2, 0.25) is 0 Å². The number of aromatic hydroxyl groups is 1. The highest BCUT2D eigenvalue weighted by Gasteiger charge is 2.41. The lowest BCUT2D eigenvalue weighted by Crippen LogP contribution is -2.36. The van der Waals surface area contributed by atoms with Gasteiger partial charge in [-0.15, -0.1) is 0 Å². The highest BCUT2D eigenvalue weighted by atomic mass is 35.5. The number of hydrogen-bond acceptors (Lipinski definition) is 3. The molecule has 1 aliphatic rings. The van der Waals surface area contributed by atoms with Crippen LogP contribution in [0.1, 0.15) is 23.7 Å². The van der Waals surface area contributed by atoms with E-state index in [1.807, 2.05) is 12.1 Å². The molecule has 2 amide bonds. The summed E-state index contributed by atoms with van der Waals surface area (Å²) in [5, 5.41) is 15.6. The van der Waals surface area contributed by atoms with Gasteiger partial charge < -0.3 is 20.2 Å². The second-order valence-electron chi connectivity index (χ2n) is 5.04. The van der Waals surface area contributed by atoms with Gasteiger partial charge in [-0.05, 0) is 24.6 Å². The molecule has 1 heterocycles. The number of carbonyl (C=O) groups is 1. The van der Waals surface area contributed by atoms with Crippen molar-refractivity contribution in [3.05, 3.63) is 52.9 Å². The first-order chi connectivity index (χ1) is 10.1. The van der Waals surface area contributed by atoms with Gasteiger partial charge in [0.15, 0.2) is 0 Å². The van der Waals surface area contributed by atoms with Gasteiger partial charge in [-0.3, -0.25) is 0 Å². The van der Waals surface area contributed by atoms with E-state index in [1.165, 1.54) is 0 Å². The molecule has 0 saturated heterocycles. The van der Waals surface area contributed by atoms with Crippen LogP contribution in [0.3, 0.4) is 0 Å². The normalized spacial score (nSPS) is 20.0. The Morgan fingerprint density at radius 1 is 1.38 bits per heavy atom. The van der Waals surface area contributed by atoms with Crippen LogP contribution in [-0.4, -0.2) is 17.2 Å². The van der Waals surface area contributed by atoms with Crippen LogP contribution in [0.2, 0.25) is 5.02 Å². The van der Waals surface area contributed by atoms with Crippen molar-refractivity contribution in [2.24, 2.45) is 0 Å². The Labute approximate surface area is 126 Å². The topological polar surface area (TPSA) is 74.5 Å². The Morgan fingerprint density at radius 2 is 2.24 bits per heavy atom. The molecule has 0 spiro atoms. The summed E-state index contributed by atoms with van der Waals surface area (Å²) >= 11 is 5.81. The second kappa shape index (κ2) is 5.69. The zero-order valence-corrected chi connectivity index (χ0v) is 11.9. The van der Waals surface area contributed by atoms with Crippen molar-refractivity contribution in [2.45, 2.75) is 24.9 Å². The zero-order chi connectivity index (χ0) is 14.8. The number of carbonyl (C=O) groups excluding carboxylic acids is 1. The molecule has 1 aliphatic carbocycles. The fourth-order valence-electron chi connectivity index (χ4n) is 2.27. The summed E-state index contributed by atoms with van der Waals surface area (Å²) in [7, 11) is 0. The Morgan fingerprint density at radius 3 is 3.00 bits per heavy atom. The van der Waals surface area contributed by atoms with Crippen LogP contribution in [0, 0.1) is 0 Å². The molecule has 110 valence electrons. The minimum Gasteiger partial charge on any atom is -0.506 e. The lowest BCUT2D eigenvalue weighted by atomic mass is 10.2. The zero-order valence-electron chi connectivity index (χ0n) is 11.2. The largest absolute Gasteiger partial charge is 0.506 e. The maximum absolute atomic E-state index is 11.8. The lowest BCUT2D eigenvalue weighted by molar-refractivity contribution is 0.239. The maximum Gasteiger partial charge on any atom is 0.315 e. The molecule has 2 atom stereocenters. The van der Waals surface area contributed by atoms with Gasteiger partial charge in [0.05, 0.1) is 11.3 Å². The van der Waals surface area contributed by atoms with E-state index in [1.54, 1.807) is 24.5 Å². The third-order valence-electron chi connectivity index (χ3n) is 3.53. The number of urea groups is 1. The SMILES string of the molecule is O=C(NCc1cccc(Cl)c1O)N[C@@H]1C[C@H]1c1ccco1. The van der Waals surface area contributed by atoms with Gasteiger partial charge in [-0.2, -0.15) is 0 Å². The summed E-state index contributed by atoms with van der Waals surface area (Å²) in [4.78, 5) is 11.8. The Bertz CT molecular complexity index is 642. The summed E-state index contributed by atoms with van der Waals surface area (Å²) in [5.74, 6) is 1.15. The molecule has 1 saturated carbocycles. The smallest absolute Gasteiger partial charge is 0.315 e. The molecule has 3 rings (SSSR count). The van der Waals surface area contributed by atoms with Crippen LogP contribution < -0.4 is 10.6 Å². The highest BCUT2D eigenvalue weighted by Crippen LogP contribution is 2.40. The van der Waals surface area contributed by atoms with E-state index >= 15 is 0 Å². The molecule has 0 aliphatic heterocycles. The molecule has 0 radical (unpaired) electrons. The minimum absolute atomic E-state index is 0.000601. The number of benzene rings is 1. The predicted octanol–water partition coefficient (Wildman–Crippen LogP) is 2.99. The first-order valence-electron chi connectivity index (χ1n) is 6.69. The molecule has 1 aromatic heterocycles. The van der Waals surface area contributed by atoms with Crippen molar-refractivity contribution in [2.75, 3.05) is 0 Å². The van der Waals surface area contributed by atoms with Gasteiger partial charge in [0.25, 0.3) is 0 Å². The number of furan rings is 1. The third-order valence-corrected chi connectivity index (χ3v) is 3.83. The van der Waals surface area contributed by atoms with Crippen LogP contribution in [0.25, 0.3) is 0 Å².